The minimum absolute atomic E-state index is 0.0571. The monoisotopic (exact) mass is 406 g/mol. The van der Waals surface area contributed by atoms with Crippen LogP contribution < -0.4 is 9.64 Å². The van der Waals surface area contributed by atoms with Crippen molar-refractivity contribution in [1.29, 1.82) is 0 Å². The molecule has 30 heavy (non-hydrogen) atoms. The smallest absolute Gasteiger partial charge is 0.225 e. The number of hydrogen-bond donors (Lipinski definition) is 0. The Labute approximate surface area is 176 Å². The minimum atomic E-state index is -0.562. The second kappa shape index (κ2) is 9.26. The number of aromatic nitrogens is 2. The molecular formula is C23H26N4O3. The third-order valence-electron chi connectivity index (χ3n) is 4.78. The Morgan fingerprint density at radius 1 is 1.13 bits per heavy atom. The van der Waals surface area contributed by atoms with E-state index in [1.165, 1.54) is 0 Å². The Balaban J connectivity index is 2.01. The van der Waals surface area contributed by atoms with Crippen LogP contribution in [0.1, 0.15) is 36.8 Å². The van der Waals surface area contributed by atoms with Crippen LogP contribution in [0.15, 0.2) is 59.8 Å². The molecule has 0 saturated heterocycles. The second-order valence-corrected chi connectivity index (χ2v) is 7.16. The number of para-hydroxylation sites is 1. The first kappa shape index (κ1) is 21.1. The van der Waals surface area contributed by atoms with Gasteiger partial charge in [0.05, 0.1) is 11.3 Å². The van der Waals surface area contributed by atoms with Crippen LogP contribution in [0.4, 0.5) is 5.69 Å². The van der Waals surface area contributed by atoms with Gasteiger partial charge in [0, 0.05) is 31.1 Å². The number of benzene rings is 2. The van der Waals surface area contributed by atoms with Gasteiger partial charge in [-0.15, -0.1) is 5.16 Å². The fraction of sp³-hybridized carbons (Fsp3) is 0.261. The minimum Gasteiger partial charge on any atom is -0.439 e. The molecule has 2 aromatic carbocycles. The Morgan fingerprint density at radius 3 is 2.37 bits per heavy atom. The Kier molecular flexibility index (Phi) is 6.51. The zero-order valence-electron chi connectivity index (χ0n) is 17.6. The highest BCUT2D eigenvalue weighted by Crippen LogP contribution is 2.38. The number of rotatable bonds is 9. The molecule has 0 N–H and O–H groups in total. The third-order valence-corrected chi connectivity index (χ3v) is 4.78. The van der Waals surface area contributed by atoms with Crippen molar-refractivity contribution >= 4 is 18.8 Å². The SMILES string of the molecule is C=NOC(c1ccc(N(C=O)C(C)C)cc1)c1c(C)nn(C)c1Oc1ccccc1. The van der Waals surface area contributed by atoms with Gasteiger partial charge in [-0.2, -0.15) is 5.10 Å². The van der Waals surface area contributed by atoms with Crippen molar-refractivity contribution in [2.45, 2.75) is 32.9 Å². The number of nitrogens with zero attached hydrogens (tertiary/aromatic N) is 4. The highest BCUT2D eigenvalue weighted by Gasteiger charge is 2.28. The molecule has 1 atom stereocenters. The quantitative estimate of drug-likeness (QED) is 0.296. The predicted octanol–water partition coefficient (Wildman–Crippen LogP) is 4.61. The molecule has 7 heteroatoms. The summed E-state index contributed by atoms with van der Waals surface area (Å²) in [4.78, 5) is 18.7. The number of oxime groups is 1. The maximum atomic E-state index is 11.4. The fourth-order valence-electron chi connectivity index (χ4n) is 3.33. The lowest BCUT2D eigenvalue weighted by atomic mass is 10.0. The maximum absolute atomic E-state index is 11.4. The molecule has 156 valence electrons. The molecule has 7 nitrogen and oxygen atoms in total. The van der Waals surface area contributed by atoms with Crippen LogP contribution in [0.5, 0.6) is 11.6 Å². The molecule has 0 bridgehead atoms. The van der Waals surface area contributed by atoms with Gasteiger partial charge >= 0.3 is 0 Å². The average molecular weight is 406 g/mol. The maximum Gasteiger partial charge on any atom is 0.225 e. The van der Waals surface area contributed by atoms with E-state index in [9.17, 15) is 4.79 Å². The van der Waals surface area contributed by atoms with Crippen LogP contribution >= 0.6 is 0 Å². The number of amides is 1. The summed E-state index contributed by atoms with van der Waals surface area (Å²) >= 11 is 0. The van der Waals surface area contributed by atoms with Gasteiger partial charge < -0.3 is 14.5 Å². The van der Waals surface area contributed by atoms with Crippen molar-refractivity contribution in [1.82, 2.24) is 9.78 Å². The molecule has 0 aliphatic rings. The van der Waals surface area contributed by atoms with E-state index in [1.807, 2.05) is 82.4 Å². The van der Waals surface area contributed by atoms with Crippen molar-refractivity contribution in [3.8, 4) is 11.6 Å². The third kappa shape index (κ3) is 4.35. The van der Waals surface area contributed by atoms with Crippen LogP contribution in [-0.2, 0) is 16.7 Å². The van der Waals surface area contributed by atoms with Gasteiger partial charge in [-0.25, -0.2) is 4.68 Å². The summed E-state index contributed by atoms with van der Waals surface area (Å²) in [6.45, 7) is 9.31. The fourth-order valence-corrected chi connectivity index (χ4v) is 3.33. The van der Waals surface area contributed by atoms with Crippen molar-refractivity contribution < 1.29 is 14.4 Å². The number of ether oxygens (including phenoxy) is 1. The first-order valence-electron chi connectivity index (χ1n) is 9.68. The van der Waals surface area contributed by atoms with E-state index >= 15 is 0 Å². The molecule has 1 unspecified atom stereocenters. The molecule has 1 amide bonds. The first-order valence-corrected chi connectivity index (χ1v) is 9.68. The Bertz CT molecular complexity index is 997. The van der Waals surface area contributed by atoms with E-state index in [2.05, 4.69) is 17.0 Å². The average Bonchev–Trinajstić information content (AvgIpc) is 3.01. The van der Waals surface area contributed by atoms with Crippen molar-refractivity contribution in [2.75, 3.05) is 4.90 Å². The Morgan fingerprint density at radius 2 is 1.80 bits per heavy atom. The molecule has 0 aliphatic carbocycles. The topological polar surface area (TPSA) is 69.0 Å². The predicted molar refractivity (Wildman–Crippen MR) is 117 cm³/mol. The lowest BCUT2D eigenvalue weighted by Crippen LogP contribution is -2.28. The van der Waals surface area contributed by atoms with E-state index in [0.29, 0.717) is 11.6 Å². The largest absolute Gasteiger partial charge is 0.439 e. The summed E-state index contributed by atoms with van der Waals surface area (Å²) in [5, 5.41) is 8.19. The van der Waals surface area contributed by atoms with E-state index in [1.54, 1.807) is 9.58 Å². The van der Waals surface area contributed by atoms with Crippen LogP contribution in [-0.4, -0.2) is 28.9 Å². The molecule has 3 aromatic rings. The number of anilines is 1. The molecule has 0 fully saturated rings. The highest BCUT2D eigenvalue weighted by atomic mass is 16.6. The summed E-state index contributed by atoms with van der Waals surface area (Å²) in [6, 6.07) is 17.1. The normalized spacial score (nSPS) is 11.8. The highest BCUT2D eigenvalue weighted by molar-refractivity contribution is 5.75. The molecule has 0 spiro atoms. The zero-order valence-corrected chi connectivity index (χ0v) is 17.6. The number of carbonyl (C=O) groups excluding carboxylic acids is 1. The van der Waals surface area contributed by atoms with E-state index in [4.69, 9.17) is 9.57 Å². The summed E-state index contributed by atoms with van der Waals surface area (Å²) in [6.07, 6.45) is 0.267. The summed E-state index contributed by atoms with van der Waals surface area (Å²) in [5.41, 5.74) is 3.17. The number of aryl methyl sites for hydroxylation is 2. The summed E-state index contributed by atoms with van der Waals surface area (Å²) in [5.74, 6) is 1.26. The molecule has 0 aliphatic heterocycles. The Hall–Kier alpha value is -3.61. The van der Waals surface area contributed by atoms with Crippen molar-refractivity contribution in [3.63, 3.8) is 0 Å². The molecule has 1 heterocycles. The van der Waals surface area contributed by atoms with Crippen LogP contribution in [0, 0.1) is 6.92 Å². The molecule has 0 saturated carbocycles. The lowest BCUT2D eigenvalue weighted by molar-refractivity contribution is -0.107. The van der Waals surface area contributed by atoms with Crippen LogP contribution in [0.2, 0.25) is 0 Å². The first-order chi connectivity index (χ1) is 14.5. The zero-order chi connectivity index (χ0) is 21.7. The van der Waals surface area contributed by atoms with Gasteiger partial charge in [-0.3, -0.25) is 4.79 Å². The number of carbonyl (C=O) groups is 1. The van der Waals surface area contributed by atoms with E-state index < -0.39 is 6.10 Å². The summed E-state index contributed by atoms with van der Waals surface area (Å²) < 4.78 is 7.80. The molecule has 0 radical (unpaired) electrons. The van der Waals surface area contributed by atoms with Gasteiger partial charge in [-0.1, -0.05) is 30.3 Å². The number of hydrogen-bond acceptors (Lipinski definition) is 5. The van der Waals surface area contributed by atoms with Crippen molar-refractivity contribution in [2.24, 2.45) is 12.2 Å². The van der Waals surface area contributed by atoms with Gasteiger partial charge in [0.1, 0.15) is 5.75 Å². The van der Waals surface area contributed by atoms with Gasteiger partial charge in [0.25, 0.3) is 0 Å². The van der Waals surface area contributed by atoms with E-state index in [-0.39, 0.29) is 6.04 Å². The van der Waals surface area contributed by atoms with Crippen molar-refractivity contribution in [3.05, 3.63) is 71.4 Å². The van der Waals surface area contributed by atoms with Crippen LogP contribution in [0.3, 0.4) is 0 Å². The van der Waals surface area contributed by atoms with E-state index in [0.717, 1.165) is 28.9 Å². The second-order valence-electron chi connectivity index (χ2n) is 7.16. The standard InChI is InChI=1S/C23H26N4O3/c1-16(2)27(15-28)19-13-11-18(12-14-19)22(30-24-4)21-17(3)25-26(5)23(21)29-20-9-7-6-8-10-20/h6-16,22H,4H2,1-3,5H3. The molecular weight excluding hydrogens is 380 g/mol. The van der Waals surface area contributed by atoms with Crippen LogP contribution in [0.25, 0.3) is 0 Å². The van der Waals surface area contributed by atoms with Gasteiger partial charge in [0.15, 0.2) is 6.10 Å². The van der Waals surface area contributed by atoms with Gasteiger partial charge in [0.2, 0.25) is 12.3 Å². The lowest BCUT2D eigenvalue weighted by Gasteiger charge is -2.23. The summed E-state index contributed by atoms with van der Waals surface area (Å²) in [7, 11) is 1.82. The molecule has 3 rings (SSSR count). The van der Waals surface area contributed by atoms with Gasteiger partial charge in [-0.05, 0) is 45.0 Å². The molecule has 1 aromatic heterocycles.